The van der Waals surface area contributed by atoms with Crippen molar-refractivity contribution in [2.75, 3.05) is 11.9 Å². The Labute approximate surface area is 151 Å². The van der Waals surface area contributed by atoms with Crippen LogP contribution >= 0.6 is 15.9 Å². The Bertz CT molecular complexity index is 621. The molecule has 1 saturated heterocycles. The van der Waals surface area contributed by atoms with E-state index in [0.29, 0.717) is 12.0 Å². The van der Waals surface area contributed by atoms with Gasteiger partial charge in [-0.3, -0.25) is 9.59 Å². The number of aryl methyl sites for hydroxylation is 1. The topological polar surface area (TPSA) is 70.2 Å². The molecule has 0 radical (unpaired) electrons. The summed E-state index contributed by atoms with van der Waals surface area (Å²) in [6.07, 6.45) is 5.79. The molecule has 3 rings (SSSR count). The van der Waals surface area contributed by atoms with Gasteiger partial charge in [-0.1, -0.05) is 28.8 Å². The van der Waals surface area contributed by atoms with Crippen molar-refractivity contribution in [1.29, 1.82) is 0 Å². The highest BCUT2D eigenvalue weighted by atomic mass is 79.9. The predicted octanol–water partition coefficient (Wildman–Crippen LogP) is 2.73. The van der Waals surface area contributed by atoms with Crippen LogP contribution in [0.25, 0.3) is 0 Å². The summed E-state index contributed by atoms with van der Waals surface area (Å²) in [5.41, 5.74) is 1.74. The highest BCUT2D eigenvalue weighted by Gasteiger charge is 2.38. The van der Waals surface area contributed by atoms with Crippen LogP contribution in [0.5, 0.6) is 0 Å². The number of carbonyl (C=O) groups excluding carboxylic acids is 2. The first-order valence-electron chi connectivity index (χ1n) is 8.62. The molecule has 3 N–H and O–H groups in total. The molecule has 3 unspecified atom stereocenters. The lowest BCUT2D eigenvalue weighted by molar-refractivity contribution is -0.125. The van der Waals surface area contributed by atoms with Gasteiger partial charge in [-0.2, -0.15) is 0 Å². The highest BCUT2D eigenvalue weighted by molar-refractivity contribution is 9.10. The second-order valence-corrected chi connectivity index (χ2v) is 7.75. The van der Waals surface area contributed by atoms with Crippen molar-refractivity contribution in [2.45, 2.75) is 51.1 Å². The van der Waals surface area contributed by atoms with E-state index in [4.69, 9.17) is 0 Å². The summed E-state index contributed by atoms with van der Waals surface area (Å²) in [6, 6.07) is 6.00. The van der Waals surface area contributed by atoms with Crippen molar-refractivity contribution in [3.8, 4) is 0 Å². The zero-order valence-electron chi connectivity index (χ0n) is 13.9. The van der Waals surface area contributed by atoms with Gasteiger partial charge >= 0.3 is 0 Å². The number of carbonyl (C=O) groups is 2. The van der Waals surface area contributed by atoms with Gasteiger partial charge in [0, 0.05) is 16.2 Å². The first-order valence-corrected chi connectivity index (χ1v) is 9.42. The molecular weight excluding hydrogens is 370 g/mol. The summed E-state index contributed by atoms with van der Waals surface area (Å²) in [4.78, 5) is 24.4. The molecule has 0 aromatic heterocycles. The normalized spacial score (nSPS) is 25.8. The minimum absolute atomic E-state index is 0.00184. The van der Waals surface area contributed by atoms with E-state index >= 15 is 0 Å². The number of hydrogen-bond acceptors (Lipinski definition) is 3. The Kier molecular flexibility index (Phi) is 5.56. The third-order valence-corrected chi connectivity index (χ3v) is 5.56. The number of amides is 2. The summed E-state index contributed by atoms with van der Waals surface area (Å²) in [5.74, 6) is 0.352. The lowest BCUT2D eigenvalue weighted by Crippen LogP contribution is -2.45. The van der Waals surface area contributed by atoms with Crippen LogP contribution in [0.15, 0.2) is 22.7 Å². The third-order valence-electron chi connectivity index (χ3n) is 5.06. The average molecular weight is 394 g/mol. The van der Waals surface area contributed by atoms with Crippen molar-refractivity contribution in [3.63, 3.8) is 0 Å². The molecule has 5 nitrogen and oxygen atoms in total. The van der Waals surface area contributed by atoms with Crippen molar-refractivity contribution in [3.05, 3.63) is 28.2 Å². The first kappa shape index (κ1) is 17.4. The molecule has 130 valence electrons. The highest BCUT2D eigenvalue weighted by Crippen LogP contribution is 2.33. The van der Waals surface area contributed by atoms with Crippen LogP contribution in [0.4, 0.5) is 5.69 Å². The van der Waals surface area contributed by atoms with E-state index in [1.807, 2.05) is 25.1 Å². The smallest absolute Gasteiger partial charge is 0.243 e. The van der Waals surface area contributed by atoms with Gasteiger partial charge in [0.05, 0.1) is 12.6 Å². The first-order chi connectivity index (χ1) is 11.5. The molecule has 1 aliphatic carbocycles. The second kappa shape index (κ2) is 7.66. The molecule has 1 heterocycles. The molecule has 2 fully saturated rings. The Morgan fingerprint density at radius 3 is 2.83 bits per heavy atom. The second-order valence-electron chi connectivity index (χ2n) is 6.83. The lowest BCUT2D eigenvalue weighted by atomic mass is 9.85. The molecule has 1 saturated carbocycles. The Morgan fingerprint density at radius 2 is 2.08 bits per heavy atom. The van der Waals surface area contributed by atoms with Gasteiger partial charge in [0.15, 0.2) is 0 Å². The van der Waals surface area contributed by atoms with Crippen LogP contribution in [-0.2, 0) is 9.59 Å². The molecule has 2 aliphatic rings. The maximum Gasteiger partial charge on any atom is 0.243 e. The number of anilines is 1. The van der Waals surface area contributed by atoms with E-state index < -0.39 is 0 Å². The molecule has 24 heavy (non-hydrogen) atoms. The lowest BCUT2D eigenvalue weighted by Gasteiger charge is -2.24. The van der Waals surface area contributed by atoms with Crippen molar-refractivity contribution < 1.29 is 9.59 Å². The van der Waals surface area contributed by atoms with E-state index in [1.165, 1.54) is 19.3 Å². The van der Waals surface area contributed by atoms with Gasteiger partial charge in [0.2, 0.25) is 11.8 Å². The van der Waals surface area contributed by atoms with Crippen molar-refractivity contribution in [2.24, 2.45) is 5.92 Å². The fourth-order valence-electron chi connectivity index (χ4n) is 3.77. The van der Waals surface area contributed by atoms with Gasteiger partial charge in [-0.25, -0.2) is 0 Å². The minimum atomic E-state index is -0.204. The molecular formula is C18H24BrN3O2. The van der Waals surface area contributed by atoms with E-state index in [1.54, 1.807) is 0 Å². The van der Waals surface area contributed by atoms with Crippen LogP contribution in [0.3, 0.4) is 0 Å². The number of nitrogens with one attached hydrogen (secondary N) is 3. The van der Waals surface area contributed by atoms with E-state index in [0.717, 1.165) is 28.6 Å². The van der Waals surface area contributed by atoms with Crippen LogP contribution in [0, 0.1) is 12.8 Å². The van der Waals surface area contributed by atoms with Gasteiger partial charge in [0.1, 0.15) is 0 Å². The summed E-state index contributed by atoms with van der Waals surface area (Å²) in [5, 5.41) is 9.03. The molecule has 1 aromatic rings. The minimum Gasteiger partial charge on any atom is -0.346 e. The molecule has 0 bridgehead atoms. The predicted molar refractivity (Wildman–Crippen MR) is 97.8 cm³/mol. The van der Waals surface area contributed by atoms with Gasteiger partial charge < -0.3 is 16.0 Å². The number of hydrogen-bond donors (Lipinski definition) is 3. The number of benzene rings is 1. The number of halogens is 1. The molecule has 6 heteroatoms. The Morgan fingerprint density at radius 1 is 1.29 bits per heavy atom. The van der Waals surface area contributed by atoms with Crippen molar-refractivity contribution >= 4 is 33.4 Å². The number of rotatable bonds is 4. The van der Waals surface area contributed by atoms with Crippen LogP contribution in [0.1, 0.15) is 37.7 Å². The zero-order valence-corrected chi connectivity index (χ0v) is 15.5. The zero-order chi connectivity index (χ0) is 17.1. The van der Waals surface area contributed by atoms with Crippen LogP contribution in [-0.4, -0.2) is 30.4 Å². The fourth-order valence-corrected chi connectivity index (χ4v) is 4.25. The van der Waals surface area contributed by atoms with E-state index in [9.17, 15) is 9.59 Å². The third kappa shape index (κ3) is 4.16. The monoisotopic (exact) mass is 393 g/mol. The van der Waals surface area contributed by atoms with E-state index in [2.05, 4.69) is 31.9 Å². The fraction of sp³-hybridized carbons (Fsp3) is 0.556. The van der Waals surface area contributed by atoms with Gasteiger partial charge in [-0.15, -0.1) is 0 Å². The van der Waals surface area contributed by atoms with Crippen LogP contribution in [0.2, 0.25) is 0 Å². The SMILES string of the molecule is Cc1cc(Br)ccc1NC(=O)CNC(=O)C1CC2CCCCC2N1. The van der Waals surface area contributed by atoms with Crippen molar-refractivity contribution in [1.82, 2.24) is 10.6 Å². The standard InChI is InChI=1S/C18H24BrN3O2/c1-11-8-13(19)6-7-14(11)22-17(23)10-20-18(24)16-9-12-4-2-3-5-15(12)21-16/h6-8,12,15-16,21H,2-5,9-10H2,1H3,(H,20,24)(H,22,23). The summed E-state index contributed by atoms with van der Waals surface area (Å²) < 4.78 is 0.972. The summed E-state index contributed by atoms with van der Waals surface area (Å²) >= 11 is 3.40. The maximum atomic E-state index is 12.3. The summed E-state index contributed by atoms with van der Waals surface area (Å²) in [6.45, 7) is 1.94. The average Bonchev–Trinajstić information content (AvgIpc) is 2.99. The van der Waals surface area contributed by atoms with Gasteiger partial charge in [0.25, 0.3) is 0 Å². The Balaban J connectivity index is 1.46. The van der Waals surface area contributed by atoms with Crippen LogP contribution < -0.4 is 16.0 Å². The van der Waals surface area contributed by atoms with E-state index in [-0.39, 0.29) is 24.4 Å². The quantitative estimate of drug-likeness (QED) is 0.736. The van der Waals surface area contributed by atoms with Gasteiger partial charge in [-0.05, 0) is 55.9 Å². The molecule has 0 spiro atoms. The largest absolute Gasteiger partial charge is 0.346 e. The number of fused-ring (bicyclic) bond motifs is 1. The molecule has 3 atom stereocenters. The molecule has 1 aliphatic heterocycles. The Hall–Kier alpha value is -1.40. The molecule has 1 aromatic carbocycles. The summed E-state index contributed by atoms with van der Waals surface area (Å²) in [7, 11) is 0. The molecule has 2 amide bonds. The maximum absolute atomic E-state index is 12.3.